The van der Waals surface area contributed by atoms with Crippen molar-refractivity contribution in [2.24, 2.45) is 0 Å². The summed E-state index contributed by atoms with van der Waals surface area (Å²) in [7, 11) is 0. The molecule has 0 radical (unpaired) electrons. The van der Waals surface area contributed by atoms with E-state index in [9.17, 15) is 4.39 Å². The highest BCUT2D eigenvalue weighted by Gasteiger charge is 2.05. The zero-order valence-electron chi connectivity index (χ0n) is 10.1. The number of halogens is 2. The van der Waals surface area contributed by atoms with Gasteiger partial charge >= 0.3 is 0 Å². The van der Waals surface area contributed by atoms with Crippen LogP contribution in [0.5, 0.6) is 5.75 Å². The van der Waals surface area contributed by atoms with Crippen molar-refractivity contribution in [2.45, 2.75) is 20.0 Å². The van der Waals surface area contributed by atoms with Gasteiger partial charge in [-0.2, -0.15) is 0 Å². The smallest absolute Gasteiger partial charge is 0.123 e. The van der Waals surface area contributed by atoms with Crippen LogP contribution in [0.2, 0.25) is 5.02 Å². The third-order valence-electron chi connectivity index (χ3n) is 2.74. The second-order valence-electron chi connectivity index (χ2n) is 3.99. The zero-order chi connectivity index (χ0) is 13.0. The van der Waals surface area contributed by atoms with Crippen molar-refractivity contribution < 1.29 is 9.13 Å². The number of benzene rings is 2. The van der Waals surface area contributed by atoms with Crippen molar-refractivity contribution in [3.63, 3.8) is 0 Å². The number of rotatable bonds is 4. The maximum absolute atomic E-state index is 13.1. The van der Waals surface area contributed by atoms with Crippen LogP contribution in [-0.2, 0) is 13.0 Å². The monoisotopic (exact) mass is 264 g/mol. The van der Waals surface area contributed by atoms with Gasteiger partial charge in [0.2, 0.25) is 0 Å². The number of hydrogen-bond acceptors (Lipinski definition) is 1. The van der Waals surface area contributed by atoms with E-state index < -0.39 is 0 Å². The van der Waals surface area contributed by atoms with Gasteiger partial charge in [0.05, 0.1) is 0 Å². The molecule has 94 valence electrons. The highest BCUT2D eigenvalue weighted by molar-refractivity contribution is 6.31. The Kier molecular flexibility index (Phi) is 4.21. The molecule has 0 amide bonds. The molecule has 2 aromatic rings. The largest absolute Gasteiger partial charge is 0.489 e. The fraction of sp³-hybridized carbons (Fsp3) is 0.200. The average Bonchev–Trinajstić information content (AvgIpc) is 2.40. The quantitative estimate of drug-likeness (QED) is 0.783. The summed E-state index contributed by atoms with van der Waals surface area (Å²) in [6.07, 6.45) is 0.896. The molecule has 0 fully saturated rings. The van der Waals surface area contributed by atoms with Gasteiger partial charge in [0.1, 0.15) is 18.2 Å². The van der Waals surface area contributed by atoms with Crippen molar-refractivity contribution in [1.82, 2.24) is 0 Å². The molecule has 0 aliphatic carbocycles. The fourth-order valence-electron chi connectivity index (χ4n) is 1.75. The first-order valence-electron chi connectivity index (χ1n) is 5.85. The van der Waals surface area contributed by atoms with E-state index in [0.29, 0.717) is 10.6 Å². The second kappa shape index (κ2) is 5.87. The van der Waals surface area contributed by atoms with Crippen LogP contribution in [0.25, 0.3) is 0 Å². The first-order chi connectivity index (χ1) is 8.70. The van der Waals surface area contributed by atoms with Crippen LogP contribution in [0.1, 0.15) is 18.1 Å². The first kappa shape index (κ1) is 12.9. The Hall–Kier alpha value is -1.54. The zero-order valence-corrected chi connectivity index (χ0v) is 10.9. The van der Waals surface area contributed by atoms with E-state index in [1.54, 1.807) is 6.07 Å². The predicted molar refractivity (Wildman–Crippen MR) is 71.6 cm³/mol. The molecule has 0 aromatic heterocycles. The minimum atomic E-state index is -0.304. The van der Waals surface area contributed by atoms with E-state index in [1.807, 2.05) is 24.3 Å². The molecule has 0 bridgehead atoms. The topological polar surface area (TPSA) is 9.23 Å². The summed E-state index contributed by atoms with van der Waals surface area (Å²) in [4.78, 5) is 0. The molecule has 0 N–H and O–H groups in total. The molecule has 0 saturated carbocycles. The molecule has 0 aliphatic rings. The minimum absolute atomic E-state index is 0.271. The van der Waals surface area contributed by atoms with Gasteiger partial charge in [0, 0.05) is 10.6 Å². The van der Waals surface area contributed by atoms with Gasteiger partial charge in [-0.05, 0) is 36.2 Å². The highest BCUT2D eigenvalue weighted by Crippen LogP contribution is 2.22. The maximum atomic E-state index is 13.1. The van der Waals surface area contributed by atoms with Gasteiger partial charge in [0.15, 0.2) is 0 Å². The molecule has 3 heteroatoms. The molecule has 0 saturated heterocycles. The lowest BCUT2D eigenvalue weighted by Crippen LogP contribution is -1.99. The van der Waals surface area contributed by atoms with Crippen molar-refractivity contribution in [3.8, 4) is 5.75 Å². The SMILES string of the molecule is CCc1ccccc1OCc1cc(F)ccc1Cl. The van der Waals surface area contributed by atoms with Crippen LogP contribution in [-0.4, -0.2) is 0 Å². The van der Waals surface area contributed by atoms with E-state index in [-0.39, 0.29) is 12.4 Å². The van der Waals surface area contributed by atoms with Gasteiger partial charge < -0.3 is 4.74 Å². The van der Waals surface area contributed by atoms with E-state index >= 15 is 0 Å². The van der Waals surface area contributed by atoms with Gasteiger partial charge in [-0.15, -0.1) is 0 Å². The maximum Gasteiger partial charge on any atom is 0.123 e. The minimum Gasteiger partial charge on any atom is -0.489 e. The summed E-state index contributed by atoms with van der Waals surface area (Å²) in [5.74, 6) is 0.516. The van der Waals surface area contributed by atoms with E-state index in [0.717, 1.165) is 17.7 Å². The normalized spacial score (nSPS) is 10.4. The molecule has 0 atom stereocenters. The Balaban J connectivity index is 2.14. The fourth-order valence-corrected chi connectivity index (χ4v) is 1.92. The Labute approximate surface area is 111 Å². The van der Waals surface area contributed by atoms with Crippen LogP contribution in [0.15, 0.2) is 42.5 Å². The molecule has 0 aliphatic heterocycles. The molecule has 0 unspecified atom stereocenters. The van der Waals surface area contributed by atoms with Gasteiger partial charge in [0.25, 0.3) is 0 Å². The van der Waals surface area contributed by atoms with Gasteiger partial charge in [-0.3, -0.25) is 0 Å². The van der Waals surface area contributed by atoms with E-state index in [1.165, 1.54) is 12.1 Å². The average molecular weight is 265 g/mol. The van der Waals surface area contributed by atoms with Gasteiger partial charge in [-0.25, -0.2) is 4.39 Å². The first-order valence-corrected chi connectivity index (χ1v) is 6.23. The third-order valence-corrected chi connectivity index (χ3v) is 3.11. The summed E-state index contributed by atoms with van der Waals surface area (Å²) >= 11 is 5.99. The van der Waals surface area contributed by atoms with Crippen LogP contribution in [0.4, 0.5) is 4.39 Å². The summed E-state index contributed by atoms with van der Waals surface area (Å²) < 4.78 is 18.8. The molecular formula is C15H14ClFO. The van der Waals surface area contributed by atoms with Crippen molar-refractivity contribution in [2.75, 3.05) is 0 Å². The summed E-state index contributed by atoms with van der Waals surface area (Å²) in [5, 5.41) is 0.519. The molecule has 18 heavy (non-hydrogen) atoms. The Morgan fingerprint density at radius 2 is 1.89 bits per heavy atom. The number of hydrogen-bond donors (Lipinski definition) is 0. The highest BCUT2D eigenvalue weighted by atomic mass is 35.5. The van der Waals surface area contributed by atoms with E-state index in [2.05, 4.69) is 6.92 Å². The van der Waals surface area contributed by atoms with Crippen LogP contribution < -0.4 is 4.74 Å². The summed E-state index contributed by atoms with van der Waals surface area (Å²) in [6.45, 7) is 2.34. The van der Waals surface area contributed by atoms with Crippen LogP contribution in [0, 0.1) is 5.82 Å². The van der Waals surface area contributed by atoms with Crippen LogP contribution >= 0.6 is 11.6 Å². The van der Waals surface area contributed by atoms with E-state index in [4.69, 9.17) is 16.3 Å². The standard InChI is InChI=1S/C15H14ClFO/c1-2-11-5-3-4-6-15(11)18-10-12-9-13(17)7-8-14(12)16/h3-9H,2,10H2,1H3. The van der Waals surface area contributed by atoms with Crippen LogP contribution in [0.3, 0.4) is 0 Å². The molecule has 0 heterocycles. The van der Waals surface area contributed by atoms with Crippen molar-refractivity contribution in [3.05, 3.63) is 64.4 Å². The Morgan fingerprint density at radius 3 is 2.67 bits per heavy atom. The predicted octanol–water partition coefficient (Wildman–Crippen LogP) is 4.62. The molecule has 1 nitrogen and oxygen atoms in total. The molecule has 0 spiro atoms. The lowest BCUT2D eigenvalue weighted by Gasteiger charge is -2.11. The lowest BCUT2D eigenvalue weighted by molar-refractivity contribution is 0.302. The number of aryl methyl sites for hydroxylation is 1. The molecular weight excluding hydrogens is 251 g/mol. The molecule has 2 rings (SSSR count). The Morgan fingerprint density at radius 1 is 1.11 bits per heavy atom. The lowest BCUT2D eigenvalue weighted by atomic mass is 10.1. The number of ether oxygens (including phenoxy) is 1. The third kappa shape index (κ3) is 3.02. The van der Waals surface area contributed by atoms with Crippen molar-refractivity contribution >= 4 is 11.6 Å². The summed E-state index contributed by atoms with van der Waals surface area (Å²) in [5.41, 5.74) is 1.78. The van der Waals surface area contributed by atoms with Crippen molar-refractivity contribution in [1.29, 1.82) is 0 Å². The number of para-hydroxylation sites is 1. The Bertz CT molecular complexity index is 540. The summed E-state index contributed by atoms with van der Waals surface area (Å²) in [6, 6.07) is 12.1. The molecule has 2 aromatic carbocycles. The second-order valence-corrected chi connectivity index (χ2v) is 4.39. The van der Waals surface area contributed by atoms with Gasteiger partial charge in [-0.1, -0.05) is 36.7 Å².